The van der Waals surface area contributed by atoms with E-state index in [1.54, 1.807) is 0 Å². The summed E-state index contributed by atoms with van der Waals surface area (Å²) >= 11 is 5.89. The Kier molecular flexibility index (Phi) is 4.43. The molecule has 17 heavy (non-hydrogen) atoms. The van der Waals surface area contributed by atoms with Crippen LogP contribution < -0.4 is 5.73 Å². The van der Waals surface area contributed by atoms with Gasteiger partial charge >= 0.3 is 0 Å². The lowest BCUT2D eigenvalue weighted by molar-refractivity contribution is 0.118. The highest BCUT2D eigenvalue weighted by molar-refractivity contribution is 6.30. The van der Waals surface area contributed by atoms with Gasteiger partial charge in [0.05, 0.1) is 0 Å². The number of nitrogens with two attached hydrogens (primary N) is 1. The van der Waals surface area contributed by atoms with Gasteiger partial charge in [0, 0.05) is 24.2 Å². The van der Waals surface area contributed by atoms with E-state index in [-0.39, 0.29) is 0 Å². The molecule has 1 saturated carbocycles. The Morgan fingerprint density at radius 1 is 1.35 bits per heavy atom. The van der Waals surface area contributed by atoms with E-state index in [0.29, 0.717) is 6.04 Å². The average molecular weight is 253 g/mol. The van der Waals surface area contributed by atoms with Crippen molar-refractivity contribution in [2.45, 2.75) is 31.8 Å². The van der Waals surface area contributed by atoms with E-state index in [1.807, 2.05) is 12.1 Å². The van der Waals surface area contributed by atoms with Crippen LogP contribution in [0.2, 0.25) is 5.02 Å². The maximum atomic E-state index is 5.90. The lowest BCUT2D eigenvalue weighted by atomic mass is 9.79. The summed E-state index contributed by atoms with van der Waals surface area (Å²) in [6, 6.07) is 8.61. The van der Waals surface area contributed by atoms with Gasteiger partial charge in [-0.2, -0.15) is 0 Å². The van der Waals surface area contributed by atoms with Gasteiger partial charge in [0.2, 0.25) is 0 Å². The normalized spacial score (nSPS) is 18.1. The number of hydrogen-bond acceptors (Lipinski definition) is 2. The summed E-state index contributed by atoms with van der Waals surface area (Å²) in [7, 11) is 2.17. The van der Waals surface area contributed by atoms with E-state index >= 15 is 0 Å². The summed E-state index contributed by atoms with van der Waals surface area (Å²) in [5, 5.41) is 0.797. The molecule has 0 spiro atoms. The molecular weight excluding hydrogens is 232 g/mol. The molecule has 2 N–H and O–H groups in total. The van der Waals surface area contributed by atoms with Crippen LogP contribution in [0.3, 0.4) is 0 Å². The molecule has 2 rings (SSSR count). The smallest absolute Gasteiger partial charge is 0.0406 e. The molecule has 1 fully saturated rings. The van der Waals surface area contributed by atoms with E-state index in [1.165, 1.54) is 24.8 Å². The predicted octanol–water partition coefficient (Wildman–Crippen LogP) is 2.90. The Bertz CT molecular complexity index is 346. The number of hydrogen-bond donors (Lipinski definition) is 1. The summed E-state index contributed by atoms with van der Waals surface area (Å²) in [5.41, 5.74) is 7.20. The Morgan fingerprint density at radius 3 is 2.47 bits per heavy atom. The largest absolute Gasteiger partial charge is 0.329 e. The molecule has 2 nitrogen and oxygen atoms in total. The average Bonchev–Trinajstić information content (AvgIpc) is 2.26. The maximum Gasteiger partial charge on any atom is 0.0406 e. The van der Waals surface area contributed by atoms with Gasteiger partial charge in [0.1, 0.15) is 0 Å². The number of likely N-dealkylation sites (N-methyl/N-ethyl adjacent to an activating group) is 1. The third-order valence-electron chi connectivity index (χ3n) is 3.85. The molecule has 1 aliphatic rings. The molecule has 1 aromatic carbocycles. The van der Waals surface area contributed by atoms with Gasteiger partial charge in [0.25, 0.3) is 0 Å². The Hall–Kier alpha value is -0.570. The summed E-state index contributed by atoms with van der Waals surface area (Å²) in [4.78, 5) is 2.38. The van der Waals surface area contributed by atoms with E-state index < -0.39 is 0 Å². The molecule has 3 heteroatoms. The molecule has 0 aliphatic heterocycles. The molecule has 0 radical (unpaired) electrons. The Balaban J connectivity index is 1.94. The molecule has 0 bridgehead atoms. The first kappa shape index (κ1) is 12.9. The fourth-order valence-corrected chi connectivity index (χ4v) is 2.68. The first-order valence-electron chi connectivity index (χ1n) is 6.35. The molecule has 94 valence electrons. The van der Waals surface area contributed by atoms with Crippen LogP contribution in [0.25, 0.3) is 0 Å². The first-order valence-corrected chi connectivity index (χ1v) is 6.73. The molecule has 1 unspecified atom stereocenters. The maximum absolute atomic E-state index is 5.90. The molecule has 1 atom stereocenters. The van der Waals surface area contributed by atoms with Crippen LogP contribution >= 0.6 is 11.6 Å². The molecule has 0 saturated heterocycles. The Morgan fingerprint density at radius 2 is 2.00 bits per heavy atom. The minimum atomic E-state index is 0.527. The van der Waals surface area contributed by atoms with Crippen LogP contribution in [-0.2, 0) is 6.54 Å². The topological polar surface area (TPSA) is 29.3 Å². The summed E-state index contributed by atoms with van der Waals surface area (Å²) in [6.45, 7) is 1.71. The second-order valence-corrected chi connectivity index (χ2v) is 5.47. The van der Waals surface area contributed by atoms with E-state index in [2.05, 4.69) is 24.1 Å². The van der Waals surface area contributed by atoms with Crippen molar-refractivity contribution in [2.75, 3.05) is 13.6 Å². The van der Waals surface area contributed by atoms with E-state index in [4.69, 9.17) is 17.3 Å². The first-order chi connectivity index (χ1) is 8.20. The highest BCUT2D eigenvalue weighted by atomic mass is 35.5. The minimum Gasteiger partial charge on any atom is -0.329 e. The van der Waals surface area contributed by atoms with Gasteiger partial charge in [-0.25, -0.2) is 0 Å². The zero-order valence-corrected chi connectivity index (χ0v) is 11.2. The minimum absolute atomic E-state index is 0.527. The molecule has 0 aromatic heterocycles. The zero-order chi connectivity index (χ0) is 12.3. The summed E-state index contributed by atoms with van der Waals surface area (Å²) in [5.74, 6) is 0.803. The van der Waals surface area contributed by atoms with Crippen LogP contribution in [0.5, 0.6) is 0 Å². The van der Waals surface area contributed by atoms with Gasteiger partial charge in [-0.3, -0.25) is 4.90 Å². The number of rotatable bonds is 5. The summed E-state index contributed by atoms with van der Waals surface area (Å²) in [6.07, 6.45) is 4.05. The van der Waals surface area contributed by atoms with Crippen LogP contribution in [0.4, 0.5) is 0 Å². The van der Waals surface area contributed by atoms with Crippen molar-refractivity contribution in [3.8, 4) is 0 Å². The molecule has 0 amide bonds. The van der Waals surface area contributed by atoms with Crippen LogP contribution in [0.15, 0.2) is 24.3 Å². The van der Waals surface area contributed by atoms with Gasteiger partial charge < -0.3 is 5.73 Å². The highest BCUT2D eigenvalue weighted by Gasteiger charge is 2.28. The SMILES string of the molecule is CN(Cc1ccc(Cl)cc1)C(CN)C1CCC1. The van der Waals surface area contributed by atoms with Crippen molar-refractivity contribution in [1.82, 2.24) is 4.90 Å². The van der Waals surface area contributed by atoms with Crippen LogP contribution in [-0.4, -0.2) is 24.5 Å². The number of benzene rings is 1. The predicted molar refractivity (Wildman–Crippen MR) is 73.1 cm³/mol. The monoisotopic (exact) mass is 252 g/mol. The van der Waals surface area contributed by atoms with Crippen molar-refractivity contribution in [3.63, 3.8) is 0 Å². The van der Waals surface area contributed by atoms with E-state index in [9.17, 15) is 0 Å². The lowest BCUT2D eigenvalue weighted by Crippen LogP contribution is -2.45. The fraction of sp³-hybridized carbons (Fsp3) is 0.571. The number of halogens is 1. The van der Waals surface area contributed by atoms with Crippen molar-refractivity contribution in [3.05, 3.63) is 34.9 Å². The third-order valence-corrected chi connectivity index (χ3v) is 4.10. The van der Waals surface area contributed by atoms with Gasteiger partial charge in [0.15, 0.2) is 0 Å². The molecule has 0 heterocycles. The second-order valence-electron chi connectivity index (χ2n) is 5.04. The molecular formula is C14H21ClN2. The standard InChI is InChI=1S/C14H21ClN2/c1-17(14(9-16)12-3-2-4-12)10-11-5-7-13(15)8-6-11/h5-8,12,14H,2-4,9-10,16H2,1H3. The van der Waals surface area contributed by atoms with Crippen molar-refractivity contribution < 1.29 is 0 Å². The lowest BCUT2D eigenvalue weighted by Gasteiger charge is -2.38. The fourth-order valence-electron chi connectivity index (χ4n) is 2.55. The Labute approximate surface area is 109 Å². The van der Waals surface area contributed by atoms with Crippen molar-refractivity contribution in [1.29, 1.82) is 0 Å². The summed E-state index contributed by atoms with van der Waals surface area (Å²) < 4.78 is 0. The van der Waals surface area contributed by atoms with E-state index in [0.717, 1.165) is 24.0 Å². The van der Waals surface area contributed by atoms with Gasteiger partial charge in [-0.1, -0.05) is 30.2 Å². The van der Waals surface area contributed by atoms with Gasteiger partial charge in [-0.15, -0.1) is 0 Å². The van der Waals surface area contributed by atoms with Gasteiger partial charge in [-0.05, 0) is 43.5 Å². The zero-order valence-electron chi connectivity index (χ0n) is 10.4. The quantitative estimate of drug-likeness (QED) is 0.873. The van der Waals surface area contributed by atoms with Crippen LogP contribution in [0, 0.1) is 5.92 Å². The van der Waals surface area contributed by atoms with Crippen LogP contribution in [0.1, 0.15) is 24.8 Å². The highest BCUT2D eigenvalue weighted by Crippen LogP contribution is 2.31. The molecule has 1 aliphatic carbocycles. The molecule has 1 aromatic rings. The third kappa shape index (κ3) is 3.21. The van der Waals surface area contributed by atoms with Crippen molar-refractivity contribution in [2.24, 2.45) is 11.7 Å². The van der Waals surface area contributed by atoms with Crippen molar-refractivity contribution >= 4 is 11.6 Å². The number of nitrogens with zero attached hydrogens (tertiary/aromatic N) is 1. The second kappa shape index (κ2) is 5.85.